The fourth-order valence-corrected chi connectivity index (χ4v) is 4.79. The zero-order chi connectivity index (χ0) is 20.0. The number of carbonyl (C=O) groups excluding carboxylic acids is 1. The van der Waals surface area contributed by atoms with Crippen LogP contribution in [0.4, 0.5) is 0 Å². The van der Waals surface area contributed by atoms with E-state index in [-0.39, 0.29) is 17.9 Å². The van der Waals surface area contributed by atoms with Crippen molar-refractivity contribution in [1.29, 1.82) is 0 Å². The zero-order valence-electron chi connectivity index (χ0n) is 16.4. The Kier molecular flexibility index (Phi) is 4.24. The molecule has 1 spiro atoms. The maximum Gasteiger partial charge on any atom is 0.258 e. The Morgan fingerprint density at radius 3 is 2.83 bits per heavy atom. The first kappa shape index (κ1) is 18.1. The molecule has 1 saturated heterocycles. The second kappa shape index (κ2) is 6.81. The van der Waals surface area contributed by atoms with E-state index in [4.69, 9.17) is 4.52 Å². The SMILES string of the molecule is Cc1ccc(-c2nc(-c3cccc4c3CCC43CC(=O)N(CCO)C3)no2)cc1. The van der Waals surface area contributed by atoms with Gasteiger partial charge in [-0.3, -0.25) is 4.79 Å². The number of hydrogen-bond acceptors (Lipinski definition) is 5. The van der Waals surface area contributed by atoms with Gasteiger partial charge in [-0.1, -0.05) is 41.1 Å². The molecular weight excluding hydrogens is 366 g/mol. The van der Waals surface area contributed by atoms with E-state index < -0.39 is 0 Å². The second-order valence-electron chi connectivity index (χ2n) is 8.12. The molecule has 148 valence electrons. The van der Waals surface area contributed by atoms with Crippen LogP contribution in [0.3, 0.4) is 0 Å². The Balaban J connectivity index is 1.50. The predicted octanol–water partition coefficient (Wildman–Crippen LogP) is 3.12. The van der Waals surface area contributed by atoms with Gasteiger partial charge in [-0.25, -0.2) is 0 Å². The summed E-state index contributed by atoms with van der Waals surface area (Å²) >= 11 is 0. The number of benzene rings is 2. The van der Waals surface area contributed by atoms with Crippen LogP contribution in [0.2, 0.25) is 0 Å². The van der Waals surface area contributed by atoms with E-state index in [0.29, 0.717) is 31.2 Å². The Hall–Kier alpha value is -2.99. The molecule has 1 atom stereocenters. The minimum absolute atomic E-state index is 0.000631. The van der Waals surface area contributed by atoms with Gasteiger partial charge in [0.05, 0.1) is 6.61 Å². The molecule has 1 unspecified atom stereocenters. The van der Waals surface area contributed by atoms with E-state index in [1.165, 1.54) is 16.7 Å². The van der Waals surface area contributed by atoms with E-state index in [0.717, 1.165) is 24.0 Å². The van der Waals surface area contributed by atoms with Crippen molar-refractivity contribution < 1.29 is 14.4 Å². The summed E-state index contributed by atoms with van der Waals surface area (Å²) in [5, 5.41) is 13.5. The van der Waals surface area contributed by atoms with Crippen LogP contribution < -0.4 is 0 Å². The Morgan fingerprint density at radius 1 is 1.21 bits per heavy atom. The lowest BCUT2D eigenvalue weighted by Gasteiger charge is -2.24. The van der Waals surface area contributed by atoms with Crippen molar-refractivity contribution in [2.24, 2.45) is 0 Å². The zero-order valence-corrected chi connectivity index (χ0v) is 16.4. The number of rotatable bonds is 4. The summed E-state index contributed by atoms with van der Waals surface area (Å²) in [5.74, 6) is 1.22. The number of hydrogen-bond donors (Lipinski definition) is 1. The van der Waals surface area contributed by atoms with Crippen LogP contribution in [0.1, 0.15) is 29.5 Å². The highest BCUT2D eigenvalue weighted by Gasteiger charge is 2.48. The van der Waals surface area contributed by atoms with Crippen molar-refractivity contribution in [1.82, 2.24) is 15.0 Å². The number of nitrogens with zero attached hydrogens (tertiary/aromatic N) is 3. The molecule has 2 heterocycles. The van der Waals surface area contributed by atoms with Crippen molar-refractivity contribution in [3.05, 3.63) is 59.2 Å². The van der Waals surface area contributed by atoms with Crippen molar-refractivity contribution in [3.8, 4) is 22.8 Å². The summed E-state index contributed by atoms with van der Waals surface area (Å²) in [6.07, 6.45) is 2.32. The molecule has 3 aromatic rings. The molecule has 0 bridgehead atoms. The number of fused-ring (bicyclic) bond motifs is 2. The van der Waals surface area contributed by atoms with Gasteiger partial charge in [0.2, 0.25) is 11.7 Å². The smallest absolute Gasteiger partial charge is 0.258 e. The van der Waals surface area contributed by atoms with E-state index in [1.807, 2.05) is 43.3 Å². The third-order valence-corrected chi connectivity index (χ3v) is 6.27. The first-order chi connectivity index (χ1) is 14.1. The molecule has 1 aromatic heterocycles. The number of aliphatic hydroxyl groups is 1. The summed E-state index contributed by atoms with van der Waals surface area (Å²) in [6.45, 7) is 3.12. The third-order valence-electron chi connectivity index (χ3n) is 6.27. The summed E-state index contributed by atoms with van der Waals surface area (Å²) in [5.41, 5.74) is 5.32. The third kappa shape index (κ3) is 2.95. The van der Waals surface area contributed by atoms with Crippen LogP contribution in [0.25, 0.3) is 22.8 Å². The van der Waals surface area contributed by atoms with E-state index in [2.05, 4.69) is 16.2 Å². The highest BCUT2D eigenvalue weighted by Crippen LogP contribution is 2.48. The molecule has 6 heteroatoms. The number of aliphatic hydroxyl groups excluding tert-OH is 1. The van der Waals surface area contributed by atoms with Gasteiger partial charge >= 0.3 is 0 Å². The molecule has 1 N–H and O–H groups in total. The van der Waals surface area contributed by atoms with Crippen molar-refractivity contribution >= 4 is 5.91 Å². The minimum Gasteiger partial charge on any atom is -0.395 e. The van der Waals surface area contributed by atoms with Crippen LogP contribution in [0, 0.1) is 6.92 Å². The van der Waals surface area contributed by atoms with E-state index >= 15 is 0 Å². The van der Waals surface area contributed by atoms with Crippen LogP contribution >= 0.6 is 0 Å². The lowest BCUT2D eigenvalue weighted by molar-refractivity contribution is -0.128. The first-order valence-electron chi connectivity index (χ1n) is 10.0. The fraction of sp³-hybridized carbons (Fsp3) is 0.348. The summed E-state index contributed by atoms with van der Waals surface area (Å²) < 4.78 is 5.54. The van der Waals surface area contributed by atoms with Gasteiger partial charge in [0.1, 0.15) is 0 Å². The number of aromatic nitrogens is 2. The Morgan fingerprint density at radius 2 is 2.03 bits per heavy atom. The monoisotopic (exact) mass is 389 g/mol. The van der Waals surface area contributed by atoms with Gasteiger partial charge in [-0.15, -0.1) is 0 Å². The van der Waals surface area contributed by atoms with Gasteiger partial charge in [0.15, 0.2) is 0 Å². The average molecular weight is 389 g/mol. The summed E-state index contributed by atoms with van der Waals surface area (Å²) in [7, 11) is 0. The highest BCUT2D eigenvalue weighted by atomic mass is 16.5. The molecule has 2 aliphatic rings. The van der Waals surface area contributed by atoms with Crippen molar-refractivity contribution in [2.75, 3.05) is 19.7 Å². The van der Waals surface area contributed by atoms with Crippen molar-refractivity contribution in [2.45, 2.75) is 31.6 Å². The molecule has 29 heavy (non-hydrogen) atoms. The molecular formula is C23H23N3O3. The quantitative estimate of drug-likeness (QED) is 0.742. The molecule has 5 rings (SSSR count). The standard InChI is InChI=1S/C23H23N3O3/c1-15-5-7-16(8-6-15)22-24-21(25-29-22)18-3-2-4-19-17(18)9-10-23(19)13-20(28)26(14-23)11-12-27/h2-8,27H,9-14H2,1H3. The summed E-state index contributed by atoms with van der Waals surface area (Å²) in [6, 6.07) is 14.2. The van der Waals surface area contributed by atoms with Crippen LogP contribution in [-0.2, 0) is 16.6 Å². The van der Waals surface area contributed by atoms with Crippen LogP contribution in [0.5, 0.6) is 0 Å². The molecule has 1 amide bonds. The number of aryl methyl sites for hydroxylation is 1. The van der Waals surface area contributed by atoms with Gasteiger partial charge in [0.25, 0.3) is 5.89 Å². The Bertz CT molecular complexity index is 1070. The Labute approximate surface area is 169 Å². The maximum absolute atomic E-state index is 12.4. The lowest BCUT2D eigenvalue weighted by Crippen LogP contribution is -2.32. The maximum atomic E-state index is 12.4. The fourth-order valence-electron chi connectivity index (χ4n) is 4.79. The van der Waals surface area contributed by atoms with Gasteiger partial charge < -0.3 is 14.5 Å². The molecule has 0 radical (unpaired) electrons. The first-order valence-corrected chi connectivity index (χ1v) is 10.0. The molecule has 0 saturated carbocycles. The number of amides is 1. The number of carbonyl (C=O) groups is 1. The largest absolute Gasteiger partial charge is 0.395 e. The number of β-amino-alcohol motifs (C(OH)–C–C–N with tert-alkyl or cyclic N) is 1. The predicted molar refractivity (Wildman–Crippen MR) is 108 cm³/mol. The van der Waals surface area contributed by atoms with Crippen LogP contribution in [0.15, 0.2) is 47.0 Å². The average Bonchev–Trinajstić information content (AvgIpc) is 3.42. The van der Waals surface area contributed by atoms with Crippen LogP contribution in [-0.4, -0.2) is 45.8 Å². The molecule has 2 aromatic carbocycles. The second-order valence-corrected chi connectivity index (χ2v) is 8.12. The van der Waals surface area contributed by atoms with Gasteiger partial charge in [-0.05, 0) is 43.0 Å². The van der Waals surface area contributed by atoms with E-state index in [9.17, 15) is 9.90 Å². The molecule has 1 fully saturated rings. The van der Waals surface area contributed by atoms with Gasteiger partial charge in [-0.2, -0.15) is 4.98 Å². The number of likely N-dealkylation sites (tertiary alicyclic amines) is 1. The van der Waals surface area contributed by atoms with Crippen molar-refractivity contribution in [3.63, 3.8) is 0 Å². The summed E-state index contributed by atoms with van der Waals surface area (Å²) in [4.78, 5) is 18.9. The minimum atomic E-state index is -0.166. The topological polar surface area (TPSA) is 79.5 Å². The van der Waals surface area contributed by atoms with E-state index in [1.54, 1.807) is 4.90 Å². The van der Waals surface area contributed by atoms with Gasteiger partial charge in [0, 0.05) is 36.1 Å². The molecule has 1 aliphatic carbocycles. The molecule has 1 aliphatic heterocycles. The lowest BCUT2D eigenvalue weighted by atomic mass is 9.80. The normalized spacial score (nSPS) is 20.6. The molecule has 6 nitrogen and oxygen atoms in total. The highest BCUT2D eigenvalue weighted by molar-refractivity contribution is 5.82.